The van der Waals surface area contributed by atoms with Crippen LogP contribution in [0.3, 0.4) is 0 Å². The lowest BCUT2D eigenvalue weighted by atomic mass is 10.0. The number of ether oxygens (including phenoxy) is 1. The van der Waals surface area contributed by atoms with Crippen molar-refractivity contribution >= 4 is 21.6 Å². The van der Waals surface area contributed by atoms with Crippen LogP contribution in [-0.2, 0) is 0 Å². The van der Waals surface area contributed by atoms with Gasteiger partial charge in [-0.05, 0) is 24.5 Å². The molecule has 0 radical (unpaired) electrons. The third kappa shape index (κ3) is 3.71. The highest BCUT2D eigenvalue weighted by molar-refractivity contribution is 9.10. The van der Waals surface area contributed by atoms with Crippen LogP contribution in [0, 0.1) is 5.92 Å². The molecule has 0 heterocycles. The molecule has 0 fully saturated rings. The lowest BCUT2D eigenvalue weighted by Gasteiger charge is -2.22. The number of halogens is 1. The molecule has 0 saturated heterocycles. The third-order valence-electron chi connectivity index (χ3n) is 2.70. The molecule has 0 amide bonds. The van der Waals surface area contributed by atoms with Gasteiger partial charge < -0.3 is 10.1 Å². The van der Waals surface area contributed by atoms with Gasteiger partial charge in [-0.3, -0.25) is 0 Å². The summed E-state index contributed by atoms with van der Waals surface area (Å²) >= 11 is 3.48. The standard InChI is InChI=1S/C13H20BrNO/c1-5-13(9(2)3)15-11-6-10(14)7-12(8-11)16-4/h6-9,13,15H,5H2,1-4H3. The minimum absolute atomic E-state index is 0.499. The Labute approximate surface area is 107 Å². The Hall–Kier alpha value is -0.700. The van der Waals surface area contributed by atoms with Crippen LogP contribution in [0.5, 0.6) is 5.75 Å². The Bertz CT molecular complexity index is 339. The van der Waals surface area contributed by atoms with Gasteiger partial charge in [0, 0.05) is 22.3 Å². The van der Waals surface area contributed by atoms with Gasteiger partial charge in [-0.2, -0.15) is 0 Å². The summed E-state index contributed by atoms with van der Waals surface area (Å²) in [7, 11) is 1.69. The van der Waals surface area contributed by atoms with Gasteiger partial charge in [0.1, 0.15) is 5.75 Å². The van der Waals surface area contributed by atoms with Crippen molar-refractivity contribution in [1.29, 1.82) is 0 Å². The van der Waals surface area contributed by atoms with Crippen LogP contribution in [0.4, 0.5) is 5.69 Å². The number of anilines is 1. The van der Waals surface area contributed by atoms with E-state index in [1.54, 1.807) is 7.11 Å². The highest BCUT2D eigenvalue weighted by Gasteiger charge is 2.11. The van der Waals surface area contributed by atoms with Crippen LogP contribution in [-0.4, -0.2) is 13.2 Å². The smallest absolute Gasteiger partial charge is 0.122 e. The Morgan fingerprint density at radius 3 is 2.50 bits per heavy atom. The van der Waals surface area contributed by atoms with Crippen LogP contribution >= 0.6 is 15.9 Å². The quantitative estimate of drug-likeness (QED) is 0.871. The molecule has 1 aromatic carbocycles. The number of nitrogens with one attached hydrogen (secondary N) is 1. The first-order chi connectivity index (χ1) is 7.56. The molecule has 0 aliphatic heterocycles. The van der Waals surface area contributed by atoms with Crippen molar-refractivity contribution < 1.29 is 4.74 Å². The van der Waals surface area contributed by atoms with Crippen LogP contribution in [0.25, 0.3) is 0 Å². The number of hydrogen-bond donors (Lipinski definition) is 1. The summed E-state index contributed by atoms with van der Waals surface area (Å²) in [6.45, 7) is 6.67. The molecule has 1 aromatic rings. The zero-order valence-corrected chi connectivity index (χ0v) is 12.0. The van der Waals surface area contributed by atoms with Crippen molar-refractivity contribution in [2.75, 3.05) is 12.4 Å². The highest BCUT2D eigenvalue weighted by atomic mass is 79.9. The summed E-state index contributed by atoms with van der Waals surface area (Å²) in [6, 6.07) is 6.56. The SMILES string of the molecule is CCC(Nc1cc(Br)cc(OC)c1)C(C)C. The summed E-state index contributed by atoms with van der Waals surface area (Å²) in [5.74, 6) is 1.49. The van der Waals surface area contributed by atoms with Gasteiger partial charge in [-0.1, -0.05) is 36.7 Å². The molecule has 0 saturated carbocycles. The summed E-state index contributed by atoms with van der Waals surface area (Å²) in [5.41, 5.74) is 1.10. The monoisotopic (exact) mass is 285 g/mol. The van der Waals surface area contributed by atoms with E-state index in [9.17, 15) is 0 Å². The van der Waals surface area contributed by atoms with Crippen LogP contribution in [0.15, 0.2) is 22.7 Å². The maximum atomic E-state index is 5.24. The predicted octanol–water partition coefficient (Wildman–Crippen LogP) is 4.30. The molecule has 0 aliphatic rings. The Balaban J connectivity index is 2.83. The van der Waals surface area contributed by atoms with Crippen molar-refractivity contribution in [3.8, 4) is 5.75 Å². The second-order valence-corrected chi connectivity index (χ2v) is 5.20. The fourth-order valence-electron chi connectivity index (χ4n) is 1.72. The van der Waals surface area contributed by atoms with Gasteiger partial charge in [0.05, 0.1) is 7.11 Å². The summed E-state index contributed by atoms with van der Waals surface area (Å²) in [4.78, 5) is 0. The van der Waals surface area contributed by atoms with Gasteiger partial charge in [0.2, 0.25) is 0 Å². The van der Waals surface area contributed by atoms with Gasteiger partial charge in [0.25, 0.3) is 0 Å². The summed E-state index contributed by atoms with van der Waals surface area (Å²) < 4.78 is 6.28. The van der Waals surface area contributed by atoms with E-state index in [1.807, 2.05) is 12.1 Å². The van der Waals surface area contributed by atoms with Crippen LogP contribution in [0.1, 0.15) is 27.2 Å². The summed E-state index contributed by atoms with van der Waals surface area (Å²) in [6.07, 6.45) is 1.12. The molecule has 2 nitrogen and oxygen atoms in total. The molecule has 0 aliphatic carbocycles. The average molecular weight is 286 g/mol. The van der Waals surface area contributed by atoms with Crippen molar-refractivity contribution in [1.82, 2.24) is 0 Å². The van der Waals surface area contributed by atoms with Crippen LogP contribution in [0.2, 0.25) is 0 Å². The van der Waals surface area contributed by atoms with E-state index in [0.717, 1.165) is 22.3 Å². The zero-order chi connectivity index (χ0) is 12.1. The predicted molar refractivity (Wildman–Crippen MR) is 73.2 cm³/mol. The van der Waals surface area contributed by atoms with E-state index in [-0.39, 0.29) is 0 Å². The molecule has 1 rings (SSSR count). The number of hydrogen-bond acceptors (Lipinski definition) is 2. The Morgan fingerprint density at radius 2 is 2.00 bits per heavy atom. The van der Waals surface area contributed by atoms with Gasteiger partial charge in [0.15, 0.2) is 0 Å². The molecule has 1 atom stereocenters. The lowest BCUT2D eigenvalue weighted by Crippen LogP contribution is -2.24. The first-order valence-electron chi connectivity index (χ1n) is 5.68. The topological polar surface area (TPSA) is 21.3 Å². The van der Waals surface area contributed by atoms with Gasteiger partial charge in [-0.15, -0.1) is 0 Å². The maximum Gasteiger partial charge on any atom is 0.122 e. The molecule has 1 unspecified atom stereocenters. The van der Waals surface area contributed by atoms with E-state index < -0.39 is 0 Å². The van der Waals surface area contributed by atoms with Gasteiger partial charge >= 0.3 is 0 Å². The molecule has 0 aromatic heterocycles. The largest absolute Gasteiger partial charge is 0.497 e. The first kappa shape index (κ1) is 13.4. The van der Waals surface area contributed by atoms with E-state index in [1.165, 1.54) is 0 Å². The number of benzene rings is 1. The highest BCUT2D eigenvalue weighted by Crippen LogP contribution is 2.26. The van der Waals surface area contributed by atoms with E-state index in [0.29, 0.717) is 12.0 Å². The average Bonchev–Trinajstić information content (AvgIpc) is 2.24. The molecule has 90 valence electrons. The van der Waals surface area contributed by atoms with E-state index in [2.05, 4.69) is 48.1 Å². The van der Waals surface area contributed by atoms with Crippen molar-refractivity contribution in [3.63, 3.8) is 0 Å². The Morgan fingerprint density at radius 1 is 1.31 bits per heavy atom. The molecular weight excluding hydrogens is 266 g/mol. The lowest BCUT2D eigenvalue weighted by molar-refractivity contribution is 0.414. The fourth-order valence-corrected chi connectivity index (χ4v) is 2.19. The van der Waals surface area contributed by atoms with E-state index >= 15 is 0 Å². The molecule has 0 spiro atoms. The molecule has 1 N–H and O–H groups in total. The zero-order valence-electron chi connectivity index (χ0n) is 10.4. The summed E-state index contributed by atoms with van der Waals surface area (Å²) in [5, 5.41) is 3.53. The number of rotatable bonds is 5. The minimum Gasteiger partial charge on any atom is -0.497 e. The third-order valence-corrected chi connectivity index (χ3v) is 3.16. The maximum absolute atomic E-state index is 5.24. The normalized spacial score (nSPS) is 12.6. The van der Waals surface area contributed by atoms with Crippen LogP contribution < -0.4 is 10.1 Å². The number of methoxy groups -OCH3 is 1. The molecule has 0 bridgehead atoms. The van der Waals surface area contributed by atoms with Crippen molar-refractivity contribution in [2.45, 2.75) is 33.2 Å². The second-order valence-electron chi connectivity index (χ2n) is 4.28. The molecule has 16 heavy (non-hydrogen) atoms. The fraction of sp³-hybridized carbons (Fsp3) is 0.538. The van der Waals surface area contributed by atoms with Crippen molar-refractivity contribution in [3.05, 3.63) is 22.7 Å². The van der Waals surface area contributed by atoms with E-state index in [4.69, 9.17) is 4.74 Å². The Kier molecular flexibility index (Phi) is 5.13. The van der Waals surface area contributed by atoms with Crippen molar-refractivity contribution in [2.24, 2.45) is 5.92 Å². The van der Waals surface area contributed by atoms with Gasteiger partial charge in [-0.25, -0.2) is 0 Å². The second kappa shape index (κ2) is 6.14. The molecular formula is C13H20BrNO. The minimum atomic E-state index is 0.499. The molecule has 3 heteroatoms. The first-order valence-corrected chi connectivity index (χ1v) is 6.47.